The molecule has 2 heterocycles. The normalized spacial score (nSPS) is 14.2. The van der Waals surface area contributed by atoms with Crippen molar-refractivity contribution >= 4 is 16.8 Å². The Bertz CT molecular complexity index is 979. The number of nitrogens with zero attached hydrogens (tertiary/aromatic N) is 1. The molecule has 5 nitrogen and oxygen atoms in total. The predicted octanol–water partition coefficient (Wildman–Crippen LogP) is 4.13. The van der Waals surface area contributed by atoms with Crippen LogP contribution in [-0.4, -0.2) is 24.1 Å². The smallest absolute Gasteiger partial charge is 0.252 e. The molecule has 1 N–H and O–H groups in total. The van der Waals surface area contributed by atoms with Crippen molar-refractivity contribution < 1.29 is 14.3 Å². The average molecular weight is 362 g/mol. The number of aromatic nitrogens is 1. The molecule has 0 spiro atoms. The van der Waals surface area contributed by atoms with Crippen LogP contribution in [0.3, 0.4) is 0 Å². The number of rotatable bonds is 4. The maximum absolute atomic E-state index is 13.0. The summed E-state index contributed by atoms with van der Waals surface area (Å²) in [4.78, 5) is 17.4. The number of carbonyl (C=O) groups excluding carboxylic acids is 1. The lowest BCUT2D eigenvalue weighted by atomic mass is 9.95. The van der Waals surface area contributed by atoms with Gasteiger partial charge in [0.05, 0.1) is 11.6 Å². The summed E-state index contributed by atoms with van der Waals surface area (Å²) in [5, 5.41) is 4.03. The Labute approximate surface area is 158 Å². The van der Waals surface area contributed by atoms with Gasteiger partial charge in [-0.05, 0) is 41.8 Å². The topological polar surface area (TPSA) is 60.5 Å². The van der Waals surface area contributed by atoms with Crippen LogP contribution in [0, 0.1) is 5.92 Å². The van der Waals surface area contributed by atoms with Gasteiger partial charge < -0.3 is 14.8 Å². The Morgan fingerprint density at radius 3 is 2.67 bits per heavy atom. The van der Waals surface area contributed by atoms with Gasteiger partial charge in [-0.3, -0.25) is 9.78 Å². The lowest BCUT2D eigenvalue weighted by Crippen LogP contribution is -2.32. The molecule has 0 saturated carbocycles. The first-order valence-corrected chi connectivity index (χ1v) is 9.17. The van der Waals surface area contributed by atoms with Crippen LogP contribution < -0.4 is 14.8 Å². The first-order valence-electron chi connectivity index (χ1n) is 9.17. The van der Waals surface area contributed by atoms with Gasteiger partial charge in [-0.1, -0.05) is 32.0 Å². The van der Waals surface area contributed by atoms with E-state index in [-0.39, 0.29) is 17.9 Å². The molecular formula is C22H22N2O3. The molecule has 2 aromatic carbocycles. The minimum Gasteiger partial charge on any atom is -0.486 e. The number of benzene rings is 2. The minimum atomic E-state index is -0.139. The number of pyridine rings is 1. The van der Waals surface area contributed by atoms with E-state index in [4.69, 9.17) is 9.47 Å². The molecule has 138 valence electrons. The second-order valence-corrected chi connectivity index (χ2v) is 6.97. The quantitative estimate of drug-likeness (QED) is 0.758. The number of carbonyl (C=O) groups is 1. The van der Waals surface area contributed by atoms with Crippen molar-refractivity contribution in [3.05, 3.63) is 65.9 Å². The fourth-order valence-electron chi connectivity index (χ4n) is 3.41. The zero-order valence-electron chi connectivity index (χ0n) is 15.4. The third-order valence-corrected chi connectivity index (χ3v) is 4.77. The summed E-state index contributed by atoms with van der Waals surface area (Å²) in [7, 11) is 0. The maximum atomic E-state index is 13.0. The lowest BCUT2D eigenvalue weighted by molar-refractivity contribution is 0.0927. The van der Waals surface area contributed by atoms with Gasteiger partial charge in [0.25, 0.3) is 5.91 Å². The van der Waals surface area contributed by atoms with Crippen molar-refractivity contribution in [2.45, 2.75) is 19.9 Å². The summed E-state index contributed by atoms with van der Waals surface area (Å²) in [6.45, 7) is 5.28. The fourth-order valence-corrected chi connectivity index (χ4v) is 3.41. The zero-order valence-corrected chi connectivity index (χ0v) is 15.4. The Balaban J connectivity index is 1.64. The van der Waals surface area contributed by atoms with Crippen molar-refractivity contribution in [3.8, 4) is 11.5 Å². The number of hydrogen-bond donors (Lipinski definition) is 1. The van der Waals surface area contributed by atoms with Crippen molar-refractivity contribution in [2.24, 2.45) is 5.92 Å². The van der Waals surface area contributed by atoms with Gasteiger partial charge in [-0.2, -0.15) is 0 Å². The summed E-state index contributed by atoms with van der Waals surface area (Å²) in [5.41, 5.74) is 2.44. The Kier molecular flexibility index (Phi) is 4.67. The highest BCUT2D eigenvalue weighted by atomic mass is 16.6. The van der Waals surface area contributed by atoms with Crippen LogP contribution in [0.15, 0.2) is 54.7 Å². The van der Waals surface area contributed by atoms with Gasteiger partial charge in [-0.15, -0.1) is 0 Å². The predicted molar refractivity (Wildman–Crippen MR) is 104 cm³/mol. The molecule has 5 heteroatoms. The van der Waals surface area contributed by atoms with Gasteiger partial charge in [-0.25, -0.2) is 0 Å². The molecule has 0 bridgehead atoms. The molecule has 0 saturated heterocycles. The monoisotopic (exact) mass is 362 g/mol. The Morgan fingerprint density at radius 2 is 1.85 bits per heavy atom. The van der Waals surface area contributed by atoms with Gasteiger partial charge >= 0.3 is 0 Å². The van der Waals surface area contributed by atoms with Crippen LogP contribution >= 0.6 is 0 Å². The van der Waals surface area contributed by atoms with Crippen LogP contribution in [0.4, 0.5) is 0 Å². The molecule has 27 heavy (non-hydrogen) atoms. The van der Waals surface area contributed by atoms with E-state index >= 15 is 0 Å². The van der Waals surface area contributed by atoms with Crippen LogP contribution in [0.5, 0.6) is 11.5 Å². The first kappa shape index (κ1) is 17.3. The highest BCUT2D eigenvalue weighted by molar-refractivity contribution is 6.06. The molecule has 1 aliphatic heterocycles. The van der Waals surface area contributed by atoms with E-state index < -0.39 is 0 Å². The van der Waals surface area contributed by atoms with Gasteiger partial charge in [0.1, 0.15) is 13.2 Å². The van der Waals surface area contributed by atoms with Crippen LogP contribution in [0.25, 0.3) is 10.9 Å². The highest BCUT2D eigenvalue weighted by Gasteiger charge is 2.22. The third kappa shape index (κ3) is 3.45. The first-order chi connectivity index (χ1) is 13.1. The molecule has 1 aromatic heterocycles. The van der Waals surface area contributed by atoms with Crippen molar-refractivity contribution in [2.75, 3.05) is 13.2 Å². The molecule has 4 rings (SSSR count). The van der Waals surface area contributed by atoms with Crippen molar-refractivity contribution in [1.82, 2.24) is 10.3 Å². The van der Waals surface area contributed by atoms with Crippen molar-refractivity contribution in [1.29, 1.82) is 0 Å². The van der Waals surface area contributed by atoms with Crippen molar-refractivity contribution in [3.63, 3.8) is 0 Å². The summed E-state index contributed by atoms with van der Waals surface area (Å²) in [6.07, 6.45) is 1.73. The number of hydrogen-bond acceptors (Lipinski definition) is 4. The zero-order chi connectivity index (χ0) is 18.8. The Morgan fingerprint density at radius 1 is 1.04 bits per heavy atom. The van der Waals surface area contributed by atoms with Crippen LogP contribution in [0.2, 0.25) is 0 Å². The standard InChI is InChI=1S/C22H22N2O3/c1-14(2)21(15-8-9-19-20(13-15)27-12-11-26-19)24-22(25)17-5-3-7-18-16(17)6-4-10-23-18/h3-10,13-14,21H,11-12H2,1-2H3,(H,24,25). The summed E-state index contributed by atoms with van der Waals surface area (Å²) >= 11 is 0. The SMILES string of the molecule is CC(C)C(NC(=O)c1cccc2ncccc12)c1ccc2c(c1)OCCO2. The second kappa shape index (κ2) is 7.27. The van der Waals surface area contributed by atoms with Gasteiger partial charge in [0, 0.05) is 17.1 Å². The van der Waals surface area contributed by atoms with E-state index in [2.05, 4.69) is 24.1 Å². The summed E-state index contributed by atoms with van der Waals surface area (Å²) < 4.78 is 11.3. The van der Waals surface area contributed by atoms with E-state index in [0.717, 1.165) is 28.0 Å². The minimum absolute atomic E-state index is 0.109. The molecule has 1 unspecified atom stereocenters. The molecule has 1 atom stereocenters. The van der Waals surface area contributed by atoms with E-state index in [1.54, 1.807) is 6.20 Å². The molecule has 0 aliphatic carbocycles. The molecule has 3 aromatic rings. The molecular weight excluding hydrogens is 340 g/mol. The van der Waals surface area contributed by atoms with E-state index in [0.29, 0.717) is 18.8 Å². The number of fused-ring (bicyclic) bond motifs is 2. The van der Waals surface area contributed by atoms with Crippen LogP contribution in [0.1, 0.15) is 35.8 Å². The number of ether oxygens (including phenoxy) is 2. The highest BCUT2D eigenvalue weighted by Crippen LogP contribution is 2.34. The second-order valence-electron chi connectivity index (χ2n) is 6.97. The van der Waals surface area contributed by atoms with E-state index in [1.165, 1.54) is 0 Å². The van der Waals surface area contributed by atoms with Gasteiger partial charge in [0.2, 0.25) is 0 Å². The van der Waals surface area contributed by atoms with E-state index in [1.807, 2.05) is 48.5 Å². The average Bonchev–Trinajstić information content (AvgIpc) is 2.70. The largest absolute Gasteiger partial charge is 0.486 e. The molecule has 1 aliphatic rings. The summed E-state index contributed by atoms with van der Waals surface area (Å²) in [6, 6.07) is 15.1. The number of nitrogens with one attached hydrogen (secondary N) is 1. The third-order valence-electron chi connectivity index (χ3n) is 4.77. The maximum Gasteiger partial charge on any atom is 0.252 e. The summed E-state index contributed by atoms with van der Waals surface area (Å²) in [5.74, 6) is 1.58. The molecule has 0 radical (unpaired) electrons. The molecule has 0 fully saturated rings. The van der Waals surface area contributed by atoms with Gasteiger partial charge in [0.15, 0.2) is 11.5 Å². The lowest BCUT2D eigenvalue weighted by Gasteiger charge is -2.25. The van der Waals surface area contributed by atoms with Crippen LogP contribution in [-0.2, 0) is 0 Å². The molecule has 1 amide bonds. The fraction of sp³-hybridized carbons (Fsp3) is 0.273. The van der Waals surface area contributed by atoms with E-state index in [9.17, 15) is 4.79 Å². The number of amides is 1. The Hall–Kier alpha value is -3.08.